The Morgan fingerprint density at radius 1 is 1.14 bits per heavy atom. The predicted octanol–water partition coefficient (Wildman–Crippen LogP) is 3.52. The number of anilines is 1. The highest BCUT2D eigenvalue weighted by atomic mass is 32.1. The molecule has 0 aliphatic rings. The first-order chi connectivity index (χ1) is 10.6. The number of nitrogens with zero attached hydrogens (tertiary/aromatic N) is 1. The highest BCUT2D eigenvalue weighted by Gasteiger charge is 2.05. The highest BCUT2D eigenvalue weighted by molar-refractivity contribution is 7.08. The molecule has 0 aliphatic heterocycles. The minimum Gasteiger partial charge on any atom is -0.326 e. The van der Waals surface area contributed by atoms with Crippen molar-refractivity contribution in [3.05, 3.63) is 69.8 Å². The van der Waals surface area contributed by atoms with Crippen molar-refractivity contribution in [1.82, 2.24) is 4.57 Å². The topological polar surface area (TPSA) is 51.1 Å². The maximum atomic E-state index is 12.2. The van der Waals surface area contributed by atoms with Crippen LogP contribution in [0.1, 0.15) is 6.92 Å². The number of nitrogens with one attached hydrogen (secondary N) is 1. The van der Waals surface area contributed by atoms with Crippen molar-refractivity contribution in [2.45, 2.75) is 6.92 Å². The van der Waals surface area contributed by atoms with Gasteiger partial charge in [0.1, 0.15) is 0 Å². The van der Waals surface area contributed by atoms with E-state index in [-0.39, 0.29) is 11.5 Å². The third kappa shape index (κ3) is 2.99. The SMILES string of the molecule is CC(=O)Nc1cccc(-n2cc(-c3ccsc3)ccc2=O)c1. The van der Waals surface area contributed by atoms with Gasteiger partial charge in [0.05, 0.1) is 5.69 Å². The molecule has 4 nitrogen and oxygen atoms in total. The number of carbonyl (C=O) groups excluding carboxylic acids is 1. The van der Waals surface area contributed by atoms with Crippen LogP contribution in [-0.2, 0) is 4.79 Å². The average Bonchev–Trinajstić information content (AvgIpc) is 3.01. The molecule has 1 amide bonds. The van der Waals surface area contributed by atoms with E-state index in [1.807, 2.05) is 41.2 Å². The molecule has 0 spiro atoms. The molecule has 5 heteroatoms. The van der Waals surface area contributed by atoms with E-state index in [2.05, 4.69) is 5.32 Å². The fraction of sp³-hybridized carbons (Fsp3) is 0.0588. The van der Waals surface area contributed by atoms with Crippen LogP contribution in [-0.4, -0.2) is 10.5 Å². The van der Waals surface area contributed by atoms with Gasteiger partial charge in [-0.1, -0.05) is 6.07 Å². The van der Waals surface area contributed by atoms with Crippen molar-refractivity contribution in [3.8, 4) is 16.8 Å². The molecule has 2 aromatic heterocycles. The zero-order valence-electron chi connectivity index (χ0n) is 11.9. The van der Waals surface area contributed by atoms with Crippen molar-refractivity contribution >= 4 is 22.9 Å². The van der Waals surface area contributed by atoms with Gasteiger partial charge in [-0.2, -0.15) is 11.3 Å². The second-order valence-corrected chi connectivity index (χ2v) is 5.65. The summed E-state index contributed by atoms with van der Waals surface area (Å²) in [5, 5.41) is 6.77. The number of pyridine rings is 1. The molecule has 0 fully saturated rings. The van der Waals surface area contributed by atoms with Crippen LogP contribution in [0.4, 0.5) is 5.69 Å². The van der Waals surface area contributed by atoms with Crippen molar-refractivity contribution in [1.29, 1.82) is 0 Å². The minimum absolute atomic E-state index is 0.112. The van der Waals surface area contributed by atoms with E-state index < -0.39 is 0 Å². The monoisotopic (exact) mass is 310 g/mol. The number of aromatic nitrogens is 1. The van der Waals surface area contributed by atoms with Crippen LogP contribution in [0.5, 0.6) is 0 Å². The zero-order valence-corrected chi connectivity index (χ0v) is 12.8. The third-order valence-corrected chi connectivity index (χ3v) is 3.89. The van der Waals surface area contributed by atoms with Gasteiger partial charge in [0, 0.05) is 24.9 Å². The average molecular weight is 310 g/mol. The van der Waals surface area contributed by atoms with Gasteiger partial charge in [-0.15, -0.1) is 0 Å². The largest absolute Gasteiger partial charge is 0.326 e. The van der Waals surface area contributed by atoms with Gasteiger partial charge in [0.15, 0.2) is 0 Å². The molecule has 0 radical (unpaired) electrons. The third-order valence-electron chi connectivity index (χ3n) is 3.21. The molecule has 2 heterocycles. The lowest BCUT2D eigenvalue weighted by atomic mass is 10.1. The maximum Gasteiger partial charge on any atom is 0.255 e. The van der Waals surface area contributed by atoms with E-state index in [0.29, 0.717) is 11.4 Å². The Labute approximate surface area is 131 Å². The summed E-state index contributed by atoms with van der Waals surface area (Å²) in [7, 11) is 0. The van der Waals surface area contributed by atoms with Gasteiger partial charge in [-0.05, 0) is 52.2 Å². The summed E-state index contributed by atoms with van der Waals surface area (Å²) in [6, 6.07) is 12.6. The molecule has 0 atom stereocenters. The standard InChI is InChI=1S/C17H14N2O2S/c1-12(20)18-15-3-2-4-16(9-15)19-10-13(5-6-17(19)21)14-7-8-22-11-14/h2-11H,1H3,(H,18,20). The number of benzene rings is 1. The molecule has 0 aliphatic carbocycles. The van der Waals surface area contributed by atoms with Crippen molar-refractivity contribution in [2.75, 3.05) is 5.32 Å². The molecular weight excluding hydrogens is 296 g/mol. The first-order valence-electron chi connectivity index (χ1n) is 6.77. The minimum atomic E-state index is -0.142. The summed E-state index contributed by atoms with van der Waals surface area (Å²) in [4.78, 5) is 23.3. The summed E-state index contributed by atoms with van der Waals surface area (Å²) in [5.41, 5.74) is 3.33. The Hall–Kier alpha value is -2.66. The molecular formula is C17H14N2O2S. The van der Waals surface area contributed by atoms with Gasteiger partial charge in [0.25, 0.3) is 5.56 Å². The lowest BCUT2D eigenvalue weighted by Crippen LogP contribution is -2.16. The zero-order chi connectivity index (χ0) is 15.5. The molecule has 1 N–H and O–H groups in total. The Balaban J connectivity index is 2.06. The number of hydrogen-bond donors (Lipinski definition) is 1. The van der Waals surface area contributed by atoms with Crippen LogP contribution in [0.2, 0.25) is 0 Å². The van der Waals surface area contributed by atoms with E-state index in [1.165, 1.54) is 6.92 Å². The first kappa shape index (κ1) is 14.3. The lowest BCUT2D eigenvalue weighted by molar-refractivity contribution is -0.114. The second-order valence-electron chi connectivity index (χ2n) is 4.87. The Morgan fingerprint density at radius 2 is 2.00 bits per heavy atom. The number of hydrogen-bond acceptors (Lipinski definition) is 3. The van der Waals surface area contributed by atoms with Gasteiger partial charge in [0.2, 0.25) is 5.91 Å². The highest BCUT2D eigenvalue weighted by Crippen LogP contribution is 2.22. The maximum absolute atomic E-state index is 12.2. The second kappa shape index (κ2) is 5.99. The molecule has 0 saturated carbocycles. The van der Waals surface area contributed by atoms with E-state index in [4.69, 9.17) is 0 Å². The first-order valence-corrected chi connectivity index (χ1v) is 7.71. The summed E-state index contributed by atoms with van der Waals surface area (Å²) in [6.07, 6.45) is 1.82. The lowest BCUT2D eigenvalue weighted by Gasteiger charge is -2.10. The number of amides is 1. The van der Waals surface area contributed by atoms with Crippen LogP contribution in [0.25, 0.3) is 16.8 Å². The van der Waals surface area contributed by atoms with Crippen LogP contribution >= 0.6 is 11.3 Å². The molecule has 22 heavy (non-hydrogen) atoms. The number of rotatable bonds is 3. The molecule has 1 aromatic carbocycles. The van der Waals surface area contributed by atoms with E-state index >= 15 is 0 Å². The Kier molecular flexibility index (Phi) is 3.89. The van der Waals surface area contributed by atoms with E-state index in [1.54, 1.807) is 34.1 Å². The molecule has 110 valence electrons. The molecule has 0 bridgehead atoms. The number of carbonyl (C=O) groups is 1. The van der Waals surface area contributed by atoms with Crippen LogP contribution < -0.4 is 10.9 Å². The fourth-order valence-corrected chi connectivity index (χ4v) is 2.89. The molecule has 3 rings (SSSR count). The van der Waals surface area contributed by atoms with E-state index in [9.17, 15) is 9.59 Å². The normalized spacial score (nSPS) is 10.4. The van der Waals surface area contributed by atoms with Gasteiger partial charge in [-0.25, -0.2) is 0 Å². The van der Waals surface area contributed by atoms with Crippen molar-refractivity contribution in [3.63, 3.8) is 0 Å². The summed E-state index contributed by atoms with van der Waals surface area (Å²) < 4.78 is 1.58. The summed E-state index contributed by atoms with van der Waals surface area (Å²) >= 11 is 1.61. The van der Waals surface area contributed by atoms with Crippen LogP contribution in [0, 0.1) is 0 Å². The van der Waals surface area contributed by atoms with Gasteiger partial charge >= 0.3 is 0 Å². The summed E-state index contributed by atoms with van der Waals surface area (Å²) in [6.45, 7) is 1.45. The van der Waals surface area contributed by atoms with Crippen LogP contribution in [0.15, 0.2) is 64.2 Å². The molecule has 0 unspecified atom stereocenters. The number of thiophene rings is 1. The fourth-order valence-electron chi connectivity index (χ4n) is 2.23. The Bertz CT molecular complexity index is 866. The smallest absolute Gasteiger partial charge is 0.255 e. The summed E-state index contributed by atoms with van der Waals surface area (Å²) in [5.74, 6) is -0.142. The Morgan fingerprint density at radius 3 is 2.73 bits per heavy atom. The molecule has 0 saturated heterocycles. The van der Waals surface area contributed by atoms with Gasteiger partial charge in [-0.3, -0.25) is 14.2 Å². The predicted molar refractivity (Wildman–Crippen MR) is 89.7 cm³/mol. The van der Waals surface area contributed by atoms with Crippen molar-refractivity contribution in [2.24, 2.45) is 0 Å². The quantitative estimate of drug-likeness (QED) is 0.804. The van der Waals surface area contributed by atoms with Crippen LogP contribution in [0.3, 0.4) is 0 Å². The van der Waals surface area contributed by atoms with Crippen molar-refractivity contribution < 1.29 is 4.79 Å². The van der Waals surface area contributed by atoms with Gasteiger partial charge < -0.3 is 5.32 Å². The van der Waals surface area contributed by atoms with E-state index in [0.717, 1.165) is 11.1 Å². The molecule has 3 aromatic rings.